The number of pyridine rings is 1. The van der Waals surface area contributed by atoms with E-state index in [0.29, 0.717) is 19.0 Å². The number of aromatic nitrogens is 1. The van der Waals surface area contributed by atoms with Crippen LogP contribution in [0.2, 0.25) is 0 Å². The Bertz CT molecular complexity index is 753. The molecule has 1 N–H and O–H groups in total. The number of carboxylic acid groups (broad SMARTS) is 1. The number of benzene rings is 1. The fourth-order valence-corrected chi connectivity index (χ4v) is 2.35. The number of hydrogen-bond donors (Lipinski definition) is 1. The van der Waals surface area contributed by atoms with Crippen molar-refractivity contribution in [2.75, 3.05) is 0 Å². The zero-order chi connectivity index (χ0) is 15.6. The normalized spacial score (nSPS) is 11.0. The van der Waals surface area contributed by atoms with E-state index < -0.39 is 23.0 Å². The molecule has 0 saturated heterocycles. The van der Waals surface area contributed by atoms with Crippen LogP contribution in [0.4, 0.5) is 8.78 Å². The first-order chi connectivity index (χ1) is 9.93. The van der Waals surface area contributed by atoms with E-state index in [1.165, 1.54) is 4.57 Å². The third-order valence-electron chi connectivity index (χ3n) is 3.28. The van der Waals surface area contributed by atoms with Crippen LogP contribution in [0.15, 0.2) is 23.0 Å². The lowest BCUT2D eigenvalue weighted by Crippen LogP contribution is -2.18. The van der Waals surface area contributed by atoms with Gasteiger partial charge in [-0.25, -0.2) is 8.78 Å². The number of hydrogen-bond acceptors (Lipinski definition) is 2. The van der Waals surface area contributed by atoms with E-state index in [9.17, 15) is 18.4 Å². The zero-order valence-electron chi connectivity index (χ0n) is 11.5. The van der Waals surface area contributed by atoms with E-state index in [4.69, 9.17) is 5.11 Å². The van der Waals surface area contributed by atoms with E-state index >= 15 is 0 Å². The number of nitrogens with zero attached hydrogens (tertiary/aromatic N) is 1. The van der Waals surface area contributed by atoms with Crippen molar-refractivity contribution in [2.45, 2.75) is 32.7 Å². The highest BCUT2D eigenvalue weighted by molar-refractivity contribution is 5.81. The van der Waals surface area contributed by atoms with E-state index in [-0.39, 0.29) is 23.0 Å². The summed E-state index contributed by atoms with van der Waals surface area (Å²) in [5.74, 6) is -2.79. The van der Waals surface area contributed by atoms with Crippen LogP contribution < -0.4 is 5.43 Å². The van der Waals surface area contributed by atoms with E-state index in [1.807, 2.05) is 6.92 Å². The minimum absolute atomic E-state index is 0.0337. The fourth-order valence-electron chi connectivity index (χ4n) is 2.35. The van der Waals surface area contributed by atoms with Crippen LogP contribution in [0.1, 0.15) is 25.5 Å². The third-order valence-corrected chi connectivity index (χ3v) is 3.28. The SMILES string of the molecule is CCCCn1c(CC(=O)O)cc(=O)c2cc(F)cc(F)c21. The number of aryl methyl sites for hydroxylation is 1. The van der Waals surface area contributed by atoms with Crippen LogP contribution in [0.5, 0.6) is 0 Å². The highest BCUT2D eigenvalue weighted by Gasteiger charge is 2.16. The number of halogens is 2. The Morgan fingerprint density at radius 2 is 2.00 bits per heavy atom. The lowest BCUT2D eigenvalue weighted by molar-refractivity contribution is -0.136. The molecule has 0 saturated carbocycles. The fraction of sp³-hybridized carbons (Fsp3) is 0.333. The van der Waals surface area contributed by atoms with Gasteiger partial charge in [-0.1, -0.05) is 13.3 Å². The molecule has 21 heavy (non-hydrogen) atoms. The zero-order valence-corrected chi connectivity index (χ0v) is 11.5. The summed E-state index contributed by atoms with van der Waals surface area (Å²) in [5.41, 5.74) is -0.389. The van der Waals surface area contributed by atoms with E-state index in [2.05, 4.69) is 0 Å². The minimum atomic E-state index is -1.11. The average molecular weight is 295 g/mol. The molecular weight excluding hydrogens is 280 g/mol. The molecule has 1 aromatic heterocycles. The molecular formula is C15H15F2NO3. The van der Waals surface area contributed by atoms with Gasteiger partial charge in [-0.2, -0.15) is 0 Å². The lowest BCUT2D eigenvalue weighted by Gasteiger charge is -2.16. The summed E-state index contributed by atoms with van der Waals surface area (Å²) < 4.78 is 28.8. The van der Waals surface area contributed by atoms with Crippen molar-refractivity contribution in [2.24, 2.45) is 0 Å². The quantitative estimate of drug-likeness (QED) is 0.922. The summed E-state index contributed by atoms with van der Waals surface area (Å²) in [6.45, 7) is 2.32. The molecule has 2 aromatic rings. The van der Waals surface area contributed by atoms with Crippen LogP contribution in [0.3, 0.4) is 0 Å². The van der Waals surface area contributed by atoms with E-state index in [0.717, 1.165) is 18.6 Å². The Balaban J connectivity index is 2.79. The first-order valence-electron chi connectivity index (χ1n) is 6.67. The molecule has 0 unspecified atom stereocenters. The van der Waals surface area contributed by atoms with Crippen LogP contribution in [0.25, 0.3) is 10.9 Å². The van der Waals surface area contributed by atoms with Crippen LogP contribution in [-0.4, -0.2) is 15.6 Å². The second-order valence-corrected chi connectivity index (χ2v) is 4.86. The van der Waals surface area contributed by atoms with Crippen molar-refractivity contribution >= 4 is 16.9 Å². The first kappa shape index (κ1) is 15.2. The van der Waals surface area contributed by atoms with Gasteiger partial charge in [0.2, 0.25) is 0 Å². The number of rotatable bonds is 5. The van der Waals surface area contributed by atoms with Gasteiger partial charge in [0.25, 0.3) is 0 Å². The molecule has 0 aliphatic carbocycles. The molecule has 1 aromatic carbocycles. The highest BCUT2D eigenvalue weighted by atomic mass is 19.1. The molecule has 0 spiro atoms. The predicted octanol–water partition coefficient (Wildman–Crippen LogP) is 2.71. The van der Waals surface area contributed by atoms with Gasteiger partial charge in [0.1, 0.15) is 5.82 Å². The van der Waals surface area contributed by atoms with Crippen LogP contribution >= 0.6 is 0 Å². The number of aliphatic carboxylic acids is 1. The second kappa shape index (κ2) is 6.03. The molecule has 0 bridgehead atoms. The molecule has 4 nitrogen and oxygen atoms in total. The molecule has 1 heterocycles. The van der Waals surface area contributed by atoms with Crippen molar-refractivity contribution in [1.82, 2.24) is 4.57 Å². The third kappa shape index (κ3) is 3.09. The molecule has 0 amide bonds. The number of fused-ring (bicyclic) bond motifs is 1. The smallest absolute Gasteiger partial charge is 0.309 e. The second-order valence-electron chi connectivity index (χ2n) is 4.86. The maximum Gasteiger partial charge on any atom is 0.309 e. The molecule has 0 radical (unpaired) electrons. The molecule has 0 fully saturated rings. The van der Waals surface area contributed by atoms with Crippen molar-refractivity contribution in [3.8, 4) is 0 Å². The van der Waals surface area contributed by atoms with Crippen molar-refractivity contribution < 1.29 is 18.7 Å². The molecule has 112 valence electrons. The summed E-state index contributed by atoms with van der Waals surface area (Å²) in [7, 11) is 0. The standard InChI is InChI=1S/C15H15F2NO3/c1-2-3-4-18-10(8-14(20)21)7-13(19)11-5-9(16)6-12(17)15(11)18/h5-7H,2-4,8H2,1H3,(H,20,21). The Labute approximate surface area is 119 Å². The van der Waals surface area contributed by atoms with Crippen molar-refractivity contribution in [1.29, 1.82) is 0 Å². The molecule has 0 aliphatic heterocycles. The highest BCUT2D eigenvalue weighted by Crippen LogP contribution is 2.20. The van der Waals surface area contributed by atoms with Crippen molar-refractivity contribution in [3.05, 3.63) is 45.8 Å². The van der Waals surface area contributed by atoms with Crippen LogP contribution in [-0.2, 0) is 17.8 Å². The molecule has 0 aliphatic rings. The summed E-state index contributed by atoms with van der Waals surface area (Å²) >= 11 is 0. The van der Waals surface area contributed by atoms with E-state index in [1.54, 1.807) is 0 Å². The number of unbranched alkanes of at least 4 members (excludes halogenated alkanes) is 1. The van der Waals surface area contributed by atoms with Crippen LogP contribution in [0, 0.1) is 11.6 Å². The monoisotopic (exact) mass is 295 g/mol. The van der Waals surface area contributed by atoms with Gasteiger partial charge in [-0.05, 0) is 12.5 Å². The Kier molecular flexibility index (Phi) is 4.35. The molecule has 2 rings (SSSR count). The number of carboxylic acids is 1. The molecule has 6 heteroatoms. The average Bonchev–Trinajstić information content (AvgIpc) is 2.38. The largest absolute Gasteiger partial charge is 0.481 e. The maximum atomic E-state index is 14.1. The summed E-state index contributed by atoms with van der Waals surface area (Å²) in [6, 6.07) is 2.83. The summed E-state index contributed by atoms with van der Waals surface area (Å²) in [4.78, 5) is 22.9. The first-order valence-corrected chi connectivity index (χ1v) is 6.67. The summed E-state index contributed by atoms with van der Waals surface area (Å²) in [5, 5.41) is 8.85. The molecule has 0 atom stereocenters. The van der Waals surface area contributed by atoms with Gasteiger partial charge < -0.3 is 9.67 Å². The topological polar surface area (TPSA) is 59.3 Å². The summed E-state index contributed by atoms with van der Waals surface area (Å²) in [6.07, 6.45) is 1.13. The lowest BCUT2D eigenvalue weighted by atomic mass is 10.1. The van der Waals surface area contributed by atoms with Crippen molar-refractivity contribution in [3.63, 3.8) is 0 Å². The Hall–Kier alpha value is -2.24. The minimum Gasteiger partial charge on any atom is -0.481 e. The van der Waals surface area contributed by atoms with Gasteiger partial charge in [0, 0.05) is 24.4 Å². The van der Waals surface area contributed by atoms with Gasteiger partial charge >= 0.3 is 5.97 Å². The predicted molar refractivity (Wildman–Crippen MR) is 74.4 cm³/mol. The maximum absolute atomic E-state index is 14.1. The Morgan fingerprint density at radius 3 is 2.62 bits per heavy atom. The van der Waals surface area contributed by atoms with Gasteiger partial charge in [0.05, 0.1) is 17.3 Å². The van der Waals surface area contributed by atoms with Gasteiger partial charge in [-0.15, -0.1) is 0 Å². The Morgan fingerprint density at radius 1 is 1.29 bits per heavy atom. The number of carbonyl (C=O) groups is 1. The van der Waals surface area contributed by atoms with Gasteiger partial charge in [-0.3, -0.25) is 9.59 Å². The van der Waals surface area contributed by atoms with Gasteiger partial charge in [0.15, 0.2) is 11.2 Å².